The van der Waals surface area contributed by atoms with Crippen molar-refractivity contribution in [3.05, 3.63) is 47.7 Å². The number of nitrogens with one attached hydrogen (secondary N) is 2. The molecule has 2 heterocycles. The van der Waals surface area contributed by atoms with E-state index in [1.807, 2.05) is 24.3 Å². The topological polar surface area (TPSA) is 80.3 Å². The lowest BCUT2D eigenvalue weighted by Gasteiger charge is -2.14. The molecule has 1 fully saturated rings. The molecule has 4 rings (SSSR count). The number of nitrogens with zero attached hydrogens (tertiary/aromatic N) is 1. The molecular weight excluding hydrogens is 318 g/mol. The summed E-state index contributed by atoms with van der Waals surface area (Å²) in [6.45, 7) is 0. The predicted molar refractivity (Wildman–Crippen MR) is 93.8 cm³/mol. The Kier molecular flexibility index (Phi) is 4.09. The molecule has 0 saturated heterocycles. The van der Waals surface area contributed by atoms with Crippen molar-refractivity contribution in [3.8, 4) is 5.75 Å². The quantitative estimate of drug-likeness (QED) is 0.898. The molecule has 0 radical (unpaired) electrons. The van der Waals surface area contributed by atoms with Crippen molar-refractivity contribution in [2.45, 2.75) is 38.2 Å². The molecule has 25 heavy (non-hydrogen) atoms. The number of ether oxygens (including phenoxy) is 1. The lowest BCUT2D eigenvalue weighted by atomic mass is 10.1. The van der Waals surface area contributed by atoms with Crippen molar-refractivity contribution in [1.29, 1.82) is 0 Å². The highest BCUT2D eigenvalue weighted by atomic mass is 16.5. The van der Waals surface area contributed by atoms with Gasteiger partial charge in [0.1, 0.15) is 11.6 Å². The molecule has 128 valence electrons. The number of pyridine rings is 1. The maximum absolute atomic E-state index is 12.6. The van der Waals surface area contributed by atoms with Crippen LogP contribution in [-0.4, -0.2) is 22.9 Å². The number of fused-ring (bicyclic) bond motifs is 1. The lowest BCUT2D eigenvalue weighted by molar-refractivity contribution is -0.115. The van der Waals surface area contributed by atoms with Crippen LogP contribution in [0.5, 0.6) is 5.75 Å². The van der Waals surface area contributed by atoms with Gasteiger partial charge in [0.25, 0.3) is 5.91 Å². The van der Waals surface area contributed by atoms with Gasteiger partial charge in [-0.25, -0.2) is 4.98 Å². The van der Waals surface area contributed by atoms with Crippen LogP contribution in [0, 0.1) is 0 Å². The fourth-order valence-electron chi connectivity index (χ4n) is 3.37. The van der Waals surface area contributed by atoms with Gasteiger partial charge in [-0.15, -0.1) is 0 Å². The summed E-state index contributed by atoms with van der Waals surface area (Å²) in [6, 6.07) is 9.06. The highest BCUT2D eigenvalue weighted by molar-refractivity contribution is 6.09. The average Bonchev–Trinajstić information content (AvgIpc) is 3.23. The van der Waals surface area contributed by atoms with E-state index in [2.05, 4.69) is 15.6 Å². The molecule has 1 aliphatic carbocycles. The average molecular weight is 337 g/mol. The first kappa shape index (κ1) is 15.6. The van der Waals surface area contributed by atoms with E-state index in [1.165, 1.54) is 19.0 Å². The zero-order valence-corrected chi connectivity index (χ0v) is 13.7. The van der Waals surface area contributed by atoms with Crippen LogP contribution in [0.25, 0.3) is 0 Å². The number of benzene rings is 1. The normalized spacial score (nSPS) is 16.4. The van der Waals surface area contributed by atoms with Crippen LogP contribution in [-0.2, 0) is 11.2 Å². The minimum Gasteiger partial charge on any atom is -0.490 e. The van der Waals surface area contributed by atoms with E-state index < -0.39 is 0 Å². The second kappa shape index (κ2) is 6.55. The van der Waals surface area contributed by atoms with Gasteiger partial charge >= 0.3 is 0 Å². The zero-order valence-electron chi connectivity index (χ0n) is 13.7. The Balaban J connectivity index is 1.50. The number of hydrogen-bond donors (Lipinski definition) is 2. The van der Waals surface area contributed by atoms with Gasteiger partial charge in [0, 0.05) is 29.1 Å². The van der Waals surface area contributed by atoms with E-state index in [0.29, 0.717) is 22.6 Å². The van der Waals surface area contributed by atoms with Gasteiger partial charge in [-0.2, -0.15) is 0 Å². The van der Waals surface area contributed by atoms with Gasteiger partial charge in [-0.05, 0) is 43.9 Å². The third kappa shape index (κ3) is 3.33. The number of carbonyl (C=O) groups is 2. The predicted octanol–water partition coefficient (Wildman–Crippen LogP) is 3.15. The minimum absolute atomic E-state index is 0.144. The van der Waals surface area contributed by atoms with Crippen molar-refractivity contribution < 1.29 is 14.3 Å². The van der Waals surface area contributed by atoms with Crippen LogP contribution in [0.2, 0.25) is 0 Å². The molecular formula is C19H19N3O3. The maximum atomic E-state index is 12.6. The van der Waals surface area contributed by atoms with E-state index >= 15 is 0 Å². The first-order chi connectivity index (χ1) is 12.2. The van der Waals surface area contributed by atoms with Gasteiger partial charge in [0.05, 0.1) is 12.5 Å². The molecule has 6 nitrogen and oxygen atoms in total. The fraction of sp³-hybridized carbons (Fsp3) is 0.316. The number of rotatable bonds is 4. The molecule has 1 saturated carbocycles. The van der Waals surface area contributed by atoms with E-state index in [1.54, 1.807) is 6.07 Å². The van der Waals surface area contributed by atoms with Crippen LogP contribution in [0.4, 0.5) is 11.5 Å². The summed E-state index contributed by atoms with van der Waals surface area (Å²) in [5.74, 6) is 0.834. The van der Waals surface area contributed by atoms with Gasteiger partial charge in [-0.1, -0.05) is 6.07 Å². The van der Waals surface area contributed by atoms with Crippen molar-refractivity contribution in [2.24, 2.45) is 0 Å². The Labute approximate surface area is 145 Å². The summed E-state index contributed by atoms with van der Waals surface area (Å²) in [5.41, 5.74) is 1.78. The summed E-state index contributed by atoms with van der Waals surface area (Å²) < 4.78 is 5.98. The highest BCUT2D eigenvalue weighted by Crippen LogP contribution is 2.27. The second-order valence-electron chi connectivity index (χ2n) is 6.42. The zero-order chi connectivity index (χ0) is 17.2. The number of amides is 2. The molecule has 1 aliphatic heterocycles. The molecule has 1 aromatic heterocycles. The van der Waals surface area contributed by atoms with Crippen molar-refractivity contribution in [3.63, 3.8) is 0 Å². The van der Waals surface area contributed by atoms with E-state index in [-0.39, 0.29) is 24.3 Å². The third-order valence-electron chi connectivity index (χ3n) is 4.59. The van der Waals surface area contributed by atoms with Crippen LogP contribution < -0.4 is 15.4 Å². The summed E-state index contributed by atoms with van der Waals surface area (Å²) in [6.07, 6.45) is 6.56. The molecule has 0 atom stereocenters. The maximum Gasteiger partial charge on any atom is 0.256 e. The van der Waals surface area contributed by atoms with Crippen LogP contribution in [0.1, 0.15) is 41.6 Å². The second-order valence-corrected chi connectivity index (χ2v) is 6.42. The Morgan fingerprint density at radius 1 is 1.24 bits per heavy atom. The summed E-state index contributed by atoms with van der Waals surface area (Å²) in [5, 5.41) is 5.54. The van der Waals surface area contributed by atoms with E-state index in [9.17, 15) is 9.59 Å². The van der Waals surface area contributed by atoms with Crippen LogP contribution >= 0.6 is 0 Å². The Bertz CT molecular complexity index is 828. The number of hydrogen-bond acceptors (Lipinski definition) is 4. The first-order valence-corrected chi connectivity index (χ1v) is 8.55. The third-order valence-corrected chi connectivity index (χ3v) is 4.59. The van der Waals surface area contributed by atoms with Crippen molar-refractivity contribution >= 4 is 23.3 Å². The van der Waals surface area contributed by atoms with Crippen LogP contribution in [0.15, 0.2) is 36.5 Å². The first-order valence-electron chi connectivity index (χ1n) is 8.55. The molecule has 0 spiro atoms. The van der Waals surface area contributed by atoms with Gasteiger partial charge in [0.2, 0.25) is 5.91 Å². The Hall–Kier alpha value is -2.89. The smallest absolute Gasteiger partial charge is 0.256 e. The van der Waals surface area contributed by atoms with Gasteiger partial charge in [0.15, 0.2) is 0 Å². The molecule has 0 unspecified atom stereocenters. The van der Waals surface area contributed by atoms with E-state index in [0.717, 1.165) is 18.6 Å². The summed E-state index contributed by atoms with van der Waals surface area (Å²) in [4.78, 5) is 28.3. The largest absolute Gasteiger partial charge is 0.490 e. The fourth-order valence-corrected chi connectivity index (χ4v) is 3.37. The molecule has 2 aliphatic rings. The van der Waals surface area contributed by atoms with Crippen molar-refractivity contribution in [1.82, 2.24) is 4.98 Å². The minimum atomic E-state index is -0.256. The molecule has 2 N–H and O–H groups in total. The molecule has 2 aromatic rings. The number of carbonyl (C=O) groups excluding carboxylic acids is 2. The van der Waals surface area contributed by atoms with Crippen LogP contribution in [0.3, 0.4) is 0 Å². The summed E-state index contributed by atoms with van der Waals surface area (Å²) >= 11 is 0. The molecule has 0 bridgehead atoms. The number of anilines is 2. The monoisotopic (exact) mass is 337 g/mol. The summed E-state index contributed by atoms with van der Waals surface area (Å²) in [7, 11) is 0. The van der Waals surface area contributed by atoms with Gasteiger partial charge < -0.3 is 15.4 Å². The Morgan fingerprint density at radius 3 is 2.92 bits per heavy atom. The molecule has 2 amide bonds. The Morgan fingerprint density at radius 2 is 2.08 bits per heavy atom. The van der Waals surface area contributed by atoms with E-state index in [4.69, 9.17) is 4.74 Å². The lowest BCUT2D eigenvalue weighted by Crippen LogP contribution is -2.15. The molecule has 1 aromatic carbocycles. The standard InChI is InChI=1S/C19H19N3O3/c23-17-11-16-15(8-9-20-18(16)22-17)19(24)21-12-4-3-7-14(10-12)25-13-5-1-2-6-13/h3-4,7-10,13H,1-2,5-6,11H2,(H,21,24)(H,20,22,23). The van der Waals surface area contributed by atoms with Gasteiger partial charge in [-0.3, -0.25) is 9.59 Å². The highest BCUT2D eigenvalue weighted by Gasteiger charge is 2.25. The SMILES string of the molecule is O=C1Cc2c(C(=O)Nc3cccc(OC4CCCC4)c3)ccnc2N1. The molecule has 6 heteroatoms. The number of aromatic nitrogens is 1. The van der Waals surface area contributed by atoms with Crippen molar-refractivity contribution in [2.75, 3.05) is 10.6 Å².